The van der Waals surface area contributed by atoms with Gasteiger partial charge in [-0.05, 0) is 59.7 Å². The molecule has 0 atom stereocenters. The molecule has 2 heterocycles. The summed E-state index contributed by atoms with van der Waals surface area (Å²) in [5.41, 5.74) is 3.61. The molecule has 4 aromatic rings. The average molecular weight is 562 g/mol. The van der Waals surface area contributed by atoms with Crippen LogP contribution in [0.2, 0.25) is 5.02 Å². The SMILES string of the molecule is CC(C)c1ccc(NC(=O)CN2C(=O)S/C(=C/c3cn(Cc4c(F)cccc4Cl)c4ccccc34)C2=O)cc1. The summed E-state index contributed by atoms with van der Waals surface area (Å²) in [5.74, 6) is -1.04. The number of rotatable bonds is 7. The summed E-state index contributed by atoms with van der Waals surface area (Å²) in [5, 5.41) is 3.38. The minimum absolute atomic E-state index is 0.194. The lowest BCUT2D eigenvalue weighted by Crippen LogP contribution is -2.36. The number of imide groups is 1. The van der Waals surface area contributed by atoms with Crippen molar-refractivity contribution in [2.24, 2.45) is 0 Å². The van der Waals surface area contributed by atoms with Crippen LogP contribution in [0.3, 0.4) is 0 Å². The summed E-state index contributed by atoms with van der Waals surface area (Å²) < 4.78 is 16.3. The third kappa shape index (κ3) is 5.62. The second-order valence-electron chi connectivity index (χ2n) is 9.52. The Labute approximate surface area is 234 Å². The molecule has 0 aliphatic carbocycles. The normalized spacial score (nSPS) is 14.7. The first-order chi connectivity index (χ1) is 18.7. The molecule has 1 aromatic heterocycles. The van der Waals surface area contributed by atoms with Gasteiger partial charge in [-0.25, -0.2) is 4.39 Å². The van der Waals surface area contributed by atoms with Crippen molar-refractivity contribution in [3.05, 3.63) is 105 Å². The van der Waals surface area contributed by atoms with Crippen molar-refractivity contribution in [1.82, 2.24) is 9.47 Å². The molecule has 0 bridgehead atoms. The van der Waals surface area contributed by atoms with E-state index in [-0.39, 0.29) is 18.0 Å². The molecule has 6 nitrogen and oxygen atoms in total. The van der Waals surface area contributed by atoms with Crippen LogP contribution in [0.4, 0.5) is 14.9 Å². The molecule has 39 heavy (non-hydrogen) atoms. The van der Waals surface area contributed by atoms with E-state index in [1.807, 2.05) is 41.0 Å². The number of fused-ring (bicyclic) bond motifs is 1. The van der Waals surface area contributed by atoms with Crippen molar-refractivity contribution in [1.29, 1.82) is 0 Å². The Morgan fingerprint density at radius 1 is 1.05 bits per heavy atom. The number of aromatic nitrogens is 1. The largest absolute Gasteiger partial charge is 0.342 e. The van der Waals surface area contributed by atoms with Crippen LogP contribution in [0, 0.1) is 5.82 Å². The maximum atomic E-state index is 14.5. The van der Waals surface area contributed by atoms with E-state index in [0.717, 1.165) is 33.1 Å². The molecule has 3 aromatic carbocycles. The fourth-order valence-electron chi connectivity index (χ4n) is 4.45. The van der Waals surface area contributed by atoms with Crippen molar-refractivity contribution < 1.29 is 18.8 Å². The van der Waals surface area contributed by atoms with Gasteiger partial charge in [-0.1, -0.05) is 61.8 Å². The number of anilines is 1. The number of nitrogens with one attached hydrogen (secondary N) is 1. The van der Waals surface area contributed by atoms with Crippen LogP contribution in [-0.4, -0.2) is 33.1 Å². The maximum Gasteiger partial charge on any atom is 0.294 e. The Morgan fingerprint density at radius 3 is 2.51 bits per heavy atom. The van der Waals surface area contributed by atoms with Gasteiger partial charge in [-0.3, -0.25) is 19.3 Å². The predicted octanol–water partition coefficient (Wildman–Crippen LogP) is 7.28. The van der Waals surface area contributed by atoms with E-state index >= 15 is 0 Å². The van der Waals surface area contributed by atoms with Crippen LogP contribution < -0.4 is 5.32 Å². The molecule has 1 saturated heterocycles. The van der Waals surface area contributed by atoms with Crippen molar-refractivity contribution >= 4 is 63.1 Å². The number of hydrogen-bond acceptors (Lipinski definition) is 4. The van der Waals surface area contributed by atoms with Crippen molar-refractivity contribution in [3.8, 4) is 0 Å². The van der Waals surface area contributed by atoms with Crippen molar-refractivity contribution in [2.75, 3.05) is 11.9 Å². The highest BCUT2D eigenvalue weighted by Crippen LogP contribution is 2.34. The third-order valence-electron chi connectivity index (χ3n) is 6.53. The van der Waals surface area contributed by atoms with E-state index in [1.165, 1.54) is 6.07 Å². The summed E-state index contributed by atoms with van der Waals surface area (Å²) in [6, 6.07) is 19.5. The van der Waals surface area contributed by atoms with Gasteiger partial charge in [0, 0.05) is 38.9 Å². The van der Waals surface area contributed by atoms with Crippen LogP contribution in [0.15, 0.2) is 77.8 Å². The van der Waals surface area contributed by atoms with E-state index < -0.39 is 22.9 Å². The minimum Gasteiger partial charge on any atom is -0.342 e. The highest BCUT2D eigenvalue weighted by molar-refractivity contribution is 8.18. The fourth-order valence-corrected chi connectivity index (χ4v) is 5.50. The number of nitrogens with zero attached hydrogens (tertiary/aromatic N) is 2. The molecule has 9 heteroatoms. The highest BCUT2D eigenvalue weighted by atomic mass is 35.5. The molecule has 0 radical (unpaired) electrons. The number of hydrogen-bond donors (Lipinski definition) is 1. The number of thioether (sulfide) groups is 1. The van der Waals surface area contributed by atoms with E-state index in [1.54, 1.807) is 36.5 Å². The van der Waals surface area contributed by atoms with Gasteiger partial charge >= 0.3 is 0 Å². The number of carbonyl (C=O) groups excluding carboxylic acids is 3. The standard InChI is InChI=1S/C30H25ClFN3O3S/c1-18(2)19-10-12-21(13-11-19)33-28(36)17-35-29(37)27(39-30(35)38)14-20-15-34(26-9-4-3-6-22(20)26)16-23-24(31)7-5-8-25(23)32/h3-15,18H,16-17H2,1-2H3,(H,33,36)/b27-14+. The lowest BCUT2D eigenvalue weighted by atomic mass is 10.0. The van der Waals surface area contributed by atoms with Gasteiger partial charge in [0.15, 0.2) is 0 Å². The second-order valence-corrected chi connectivity index (χ2v) is 10.9. The quantitative estimate of drug-likeness (QED) is 0.241. The Hall–Kier alpha value is -3.88. The van der Waals surface area contributed by atoms with Crippen molar-refractivity contribution in [2.45, 2.75) is 26.3 Å². The van der Waals surface area contributed by atoms with E-state index in [2.05, 4.69) is 19.2 Å². The Balaban J connectivity index is 1.36. The Morgan fingerprint density at radius 2 is 1.79 bits per heavy atom. The molecule has 198 valence electrons. The zero-order valence-corrected chi connectivity index (χ0v) is 22.9. The molecule has 0 spiro atoms. The Kier molecular flexibility index (Phi) is 7.59. The molecule has 3 amide bonds. The predicted molar refractivity (Wildman–Crippen MR) is 154 cm³/mol. The summed E-state index contributed by atoms with van der Waals surface area (Å²) in [6.07, 6.45) is 3.43. The first kappa shape index (κ1) is 26.7. The van der Waals surface area contributed by atoms with Crippen LogP contribution in [0.25, 0.3) is 17.0 Å². The maximum absolute atomic E-state index is 14.5. The molecular formula is C30H25ClFN3O3S. The third-order valence-corrected chi connectivity index (χ3v) is 7.79. The number of halogens is 2. The number of amides is 3. The first-order valence-corrected chi connectivity index (χ1v) is 13.6. The molecule has 0 unspecified atom stereocenters. The lowest BCUT2D eigenvalue weighted by molar-refractivity contribution is -0.127. The second kappa shape index (κ2) is 11.1. The number of para-hydroxylation sites is 1. The highest BCUT2D eigenvalue weighted by Gasteiger charge is 2.36. The fraction of sp³-hybridized carbons (Fsp3) is 0.167. The van der Waals surface area contributed by atoms with Crippen LogP contribution in [0.5, 0.6) is 0 Å². The van der Waals surface area contributed by atoms with Crippen molar-refractivity contribution in [3.63, 3.8) is 0 Å². The Bertz CT molecular complexity index is 1610. The monoisotopic (exact) mass is 561 g/mol. The molecule has 1 aliphatic heterocycles. The number of benzene rings is 3. The zero-order valence-electron chi connectivity index (χ0n) is 21.3. The van der Waals surface area contributed by atoms with Crippen LogP contribution in [-0.2, 0) is 16.1 Å². The topological polar surface area (TPSA) is 71.4 Å². The number of carbonyl (C=O) groups is 3. The van der Waals surface area contributed by atoms with Gasteiger partial charge in [-0.2, -0.15) is 0 Å². The van der Waals surface area contributed by atoms with Crippen LogP contribution in [0.1, 0.15) is 36.5 Å². The summed E-state index contributed by atoms with van der Waals surface area (Å²) in [4.78, 5) is 39.5. The van der Waals surface area contributed by atoms with Gasteiger partial charge in [0.1, 0.15) is 12.4 Å². The van der Waals surface area contributed by atoms with Gasteiger partial charge in [0.2, 0.25) is 5.91 Å². The lowest BCUT2D eigenvalue weighted by Gasteiger charge is -2.13. The first-order valence-electron chi connectivity index (χ1n) is 12.4. The average Bonchev–Trinajstić information content (AvgIpc) is 3.38. The summed E-state index contributed by atoms with van der Waals surface area (Å²) >= 11 is 7.03. The zero-order chi connectivity index (χ0) is 27.7. The summed E-state index contributed by atoms with van der Waals surface area (Å²) in [6.45, 7) is 3.97. The van der Waals surface area contributed by atoms with Gasteiger partial charge in [0.05, 0.1) is 11.4 Å². The van der Waals surface area contributed by atoms with Gasteiger partial charge in [-0.15, -0.1) is 0 Å². The molecule has 0 saturated carbocycles. The molecule has 1 fully saturated rings. The smallest absolute Gasteiger partial charge is 0.294 e. The van der Waals surface area contributed by atoms with E-state index in [0.29, 0.717) is 27.8 Å². The van der Waals surface area contributed by atoms with Gasteiger partial charge < -0.3 is 9.88 Å². The summed E-state index contributed by atoms with van der Waals surface area (Å²) in [7, 11) is 0. The molecule has 1 N–H and O–H groups in total. The van der Waals surface area contributed by atoms with Crippen LogP contribution >= 0.6 is 23.4 Å². The van der Waals surface area contributed by atoms with E-state index in [9.17, 15) is 18.8 Å². The minimum atomic E-state index is -0.538. The molecule has 5 rings (SSSR count). The molecular weight excluding hydrogens is 537 g/mol. The van der Waals surface area contributed by atoms with Gasteiger partial charge in [0.25, 0.3) is 11.1 Å². The van der Waals surface area contributed by atoms with E-state index in [4.69, 9.17) is 11.6 Å². The molecule has 1 aliphatic rings.